The minimum atomic E-state index is -0.376. The van der Waals surface area contributed by atoms with Gasteiger partial charge in [0.1, 0.15) is 0 Å². The quantitative estimate of drug-likeness (QED) is 0.648. The van der Waals surface area contributed by atoms with E-state index >= 15 is 0 Å². The van der Waals surface area contributed by atoms with Crippen molar-refractivity contribution < 1.29 is 9.59 Å². The molecule has 1 aliphatic carbocycles. The van der Waals surface area contributed by atoms with Crippen LogP contribution < -0.4 is 10.6 Å². The first kappa shape index (κ1) is 19.1. The molecule has 6 nitrogen and oxygen atoms in total. The van der Waals surface area contributed by atoms with Gasteiger partial charge in [-0.05, 0) is 37.1 Å². The average Bonchev–Trinajstić information content (AvgIpc) is 3.37. The number of nitrogens with zero attached hydrogens (tertiary/aromatic N) is 2. The maximum atomic E-state index is 12.6. The zero-order valence-electron chi connectivity index (χ0n) is 17.0. The average molecular weight is 410 g/mol. The number of hydrogen-bond acceptors (Lipinski definition) is 3. The lowest BCUT2D eigenvalue weighted by Gasteiger charge is -2.08. The summed E-state index contributed by atoms with van der Waals surface area (Å²) in [4.78, 5) is 24.0. The van der Waals surface area contributed by atoms with Gasteiger partial charge < -0.3 is 10.6 Å². The second-order valence-electron chi connectivity index (χ2n) is 7.98. The second kappa shape index (κ2) is 8.11. The molecule has 0 bridgehead atoms. The fraction of sp³-hybridized carbons (Fsp3) is 0.240. The highest BCUT2D eigenvalue weighted by atomic mass is 16.2. The Kier molecular flexibility index (Phi) is 5.01. The third-order valence-corrected chi connectivity index (χ3v) is 5.47. The molecule has 5 rings (SSSR count). The number of benzene rings is 2. The van der Waals surface area contributed by atoms with Crippen molar-refractivity contribution in [3.8, 4) is 28.8 Å². The van der Waals surface area contributed by atoms with Crippen LogP contribution in [0.5, 0.6) is 0 Å². The normalized spacial score (nSPS) is 17.5. The van der Waals surface area contributed by atoms with Crippen LogP contribution in [-0.2, 0) is 9.59 Å². The van der Waals surface area contributed by atoms with Gasteiger partial charge in [-0.1, -0.05) is 42.2 Å². The van der Waals surface area contributed by atoms with Gasteiger partial charge in [0, 0.05) is 36.1 Å². The molecule has 2 heterocycles. The Bertz CT molecular complexity index is 1200. The molecule has 1 saturated carbocycles. The fourth-order valence-corrected chi connectivity index (χ4v) is 3.60. The molecule has 1 aliphatic heterocycles. The number of aromatic nitrogens is 2. The fourth-order valence-electron chi connectivity index (χ4n) is 3.60. The summed E-state index contributed by atoms with van der Waals surface area (Å²) < 4.78 is 1.82. The van der Waals surface area contributed by atoms with Crippen molar-refractivity contribution in [2.45, 2.75) is 19.3 Å². The number of hydrogen-bond donors (Lipinski definition) is 2. The van der Waals surface area contributed by atoms with Crippen LogP contribution in [0.3, 0.4) is 0 Å². The molecule has 2 aromatic carbocycles. The van der Waals surface area contributed by atoms with Crippen LogP contribution in [-0.4, -0.2) is 28.1 Å². The minimum absolute atomic E-state index is 0.0974. The Labute approximate surface area is 180 Å². The number of carbonyl (C=O) groups excluding carboxylic acids is 2. The number of amides is 2. The Morgan fingerprint density at radius 2 is 1.94 bits per heavy atom. The summed E-state index contributed by atoms with van der Waals surface area (Å²) in [6, 6.07) is 19.7. The van der Waals surface area contributed by atoms with Crippen LogP contribution >= 0.6 is 0 Å². The molecule has 2 aliphatic rings. The van der Waals surface area contributed by atoms with Crippen LogP contribution in [0.4, 0.5) is 5.82 Å². The molecular weight excluding hydrogens is 388 g/mol. The largest absolute Gasteiger partial charge is 0.355 e. The molecular formula is C25H22N4O2. The van der Waals surface area contributed by atoms with Gasteiger partial charge in [0.15, 0.2) is 5.82 Å². The van der Waals surface area contributed by atoms with Crippen molar-refractivity contribution in [3.05, 3.63) is 66.2 Å². The maximum absolute atomic E-state index is 12.6. The molecule has 0 radical (unpaired) electrons. The number of anilines is 1. The summed E-state index contributed by atoms with van der Waals surface area (Å²) in [5.41, 5.74) is 3.69. The van der Waals surface area contributed by atoms with Crippen molar-refractivity contribution in [2.75, 3.05) is 11.9 Å². The van der Waals surface area contributed by atoms with Crippen LogP contribution in [0.15, 0.2) is 60.7 Å². The van der Waals surface area contributed by atoms with Gasteiger partial charge in [0.2, 0.25) is 11.8 Å². The van der Waals surface area contributed by atoms with E-state index in [9.17, 15) is 9.59 Å². The summed E-state index contributed by atoms with van der Waals surface area (Å²) in [6.45, 7) is 0.360. The number of carbonyl (C=O) groups is 2. The Morgan fingerprint density at radius 3 is 2.68 bits per heavy atom. The maximum Gasteiger partial charge on any atom is 0.230 e. The molecule has 1 atom stereocenters. The predicted molar refractivity (Wildman–Crippen MR) is 118 cm³/mol. The lowest BCUT2D eigenvalue weighted by atomic mass is 10.1. The highest BCUT2D eigenvalue weighted by molar-refractivity contribution is 5.97. The van der Waals surface area contributed by atoms with E-state index in [1.807, 2.05) is 59.3 Å². The molecule has 0 unspecified atom stereocenters. The molecule has 3 aromatic rings. The number of para-hydroxylation sites is 1. The van der Waals surface area contributed by atoms with Crippen molar-refractivity contribution in [2.24, 2.45) is 11.8 Å². The zero-order valence-corrected chi connectivity index (χ0v) is 17.0. The van der Waals surface area contributed by atoms with Crippen molar-refractivity contribution in [1.29, 1.82) is 0 Å². The Balaban J connectivity index is 1.48. The molecule has 0 spiro atoms. The van der Waals surface area contributed by atoms with E-state index < -0.39 is 0 Å². The van der Waals surface area contributed by atoms with Crippen molar-refractivity contribution >= 4 is 17.6 Å². The summed E-state index contributed by atoms with van der Waals surface area (Å²) >= 11 is 0. The van der Waals surface area contributed by atoms with Gasteiger partial charge in [-0.2, -0.15) is 0 Å². The van der Waals surface area contributed by atoms with Gasteiger partial charge in [-0.3, -0.25) is 9.59 Å². The first-order valence-electron chi connectivity index (χ1n) is 10.5. The lowest BCUT2D eigenvalue weighted by molar-refractivity contribution is -0.123. The van der Waals surface area contributed by atoms with Crippen molar-refractivity contribution in [1.82, 2.24) is 15.1 Å². The molecule has 1 saturated heterocycles. The third-order valence-electron chi connectivity index (χ3n) is 5.47. The monoisotopic (exact) mass is 410 g/mol. The molecule has 2 N–H and O–H groups in total. The minimum Gasteiger partial charge on any atom is -0.355 e. The van der Waals surface area contributed by atoms with Gasteiger partial charge in [0.25, 0.3) is 0 Å². The van der Waals surface area contributed by atoms with E-state index in [1.54, 1.807) is 0 Å². The van der Waals surface area contributed by atoms with Crippen LogP contribution in [0.1, 0.15) is 24.8 Å². The highest BCUT2D eigenvalue weighted by Crippen LogP contribution is 2.29. The molecule has 2 fully saturated rings. The summed E-state index contributed by atoms with van der Waals surface area (Å²) in [5, 5.41) is 10.2. The molecule has 154 valence electrons. The molecule has 2 amide bonds. The van der Waals surface area contributed by atoms with Crippen LogP contribution in [0.2, 0.25) is 0 Å². The van der Waals surface area contributed by atoms with E-state index in [2.05, 4.69) is 33.6 Å². The second-order valence-corrected chi connectivity index (χ2v) is 7.98. The van der Waals surface area contributed by atoms with Gasteiger partial charge >= 0.3 is 0 Å². The SMILES string of the molecule is O=C1C[C@H](C(=O)Nc2cc(-c3cccc(C#CC4CC4)c3)n(-c3ccccc3)n2)CN1. The lowest BCUT2D eigenvalue weighted by Crippen LogP contribution is -2.24. The number of nitrogens with one attached hydrogen (secondary N) is 2. The molecule has 1 aromatic heterocycles. The predicted octanol–water partition coefficient (Wildman–Crippen LogP) is 3.38. The van der Waals surface area contributed by atoms with E-state index in [0.717, 1.165) is 22.5 Å². The summed E-state index contributed by atoms with van der Waals surface area (Å²) in [7, 11) is 0. The first-order valence-corrected chi connectivity index (χ1v) is 10.5. The van der Waals surface area contributed by atoms with Crippen LogP contribution in [0.25, 0.3) is 16.9 Å². The van der Waals surface area contributed by atoms with E-state index in [4.69, 9.17) is 0 Å². The van der Waals surface area contributed by atoms with E-state index in [0.29, 0.717) is 18.3 Å². The molecule has 31 heavy (non-hydrogen) atoms. The van der Waals surface area contributed by atoms with Gasteiger partial charge in [-0.15, -0.1) is 5.10 Å². The highest BCUT2D eigenvalue weighted by Gasteiger charge is 2.28. The Morgan fingerprint density at radius 1 is 1.10 bits per heavy atom. The van der Waals surface area contributed by atoms with Gasteiger partial charge in [-0.25, -0.2) is 4.68 Å². The summed E-state index contributed by atoms with van der Waals surface area (Å²) in [6.07, 6.45) is 2.59. The Hall–Kier alpha value is -3.85. The number of rotatable bonds is 4. The van der Waals surface area contributed by atoms with Crippen LogP contribution in [0, 0.1) is 23.7 Å². The summed E-state index contributed by atoms with van der Waals surface area (Å²) in [5.74, 6) is 6.89. The standard InChI is InChI=1S/C25H22N4O2/c30-24-14-20(16-26-24)25(31)27-23-15-22(29(28-23)21-7-2-1-3-8-21)19-6-4-5-18(13-19)12-11-17-9-10-17/h1-8,13,15,17,20H,9-10,14,16H2,(H,26,30)(H,27,28,31)/t20-/m0/s1. The first-order chi connectivity index (χ1) is 15.2. The van der Waals surface area contributed by atoms with E-state index in [1.165, 1.54) is 12.8 Å². The van der Waals surface area contributed by atoms with E-state index in [-0.39, 0.29) is 24.2 Å². The zero-order chi connectivity index (χ0) is 21.2. The topological polar surface area (TPSA) is 76.0 Å². The smallest absolute Gasteiger partial charge is 0.230 e. The van der Waals surface area contributed by atoms with Crippen molar-refractivity contribution in [3.63, 3.8) is 0 Å². The molecule has 6 heteroatoms. The van der Waals surface area contributed by atoms with Gasteiger partial charge in [0.05, 0.1) is 17.3 Å². The third kappa shape index (κ3) is 4.36.